The number of likely N-dealkylation sites (tertiary alicyclic amines) is 1. The Labute approximate surface area is 113 Å². The van der Waals surface area contributed by atoms with Crippen LogP contribution in [0.5, 0.6) is 0 Å². The van der Waals surface area contributed by atoms with E-state index in [-0.39, 0.29) is 29.8 Å². The van der Waals surface area contributed by atoms with Crippen LogP contribution in [0.25, 0.3) is 0 Å². The highest BCUT2D eigenvalue weighted by atomic mass is 16.5. The molecule has 0 aromatic carbocycles. The first-order valence-corrected chi connectivity index (χ1v) is 6.95. The monoisotopic (exact) mass is 269 g/mol. The molecule has 2 aliphatic rings. The number of rotatable bonds is 5. The Balaban J connectivity index is 1.79. The molecule has 19 heavy (non-hydrogen) atoms. The van der Waals surface area contributed by atoms with Crippen molar-refractivity contribution in [3.05, 3.63) is 0 Å². The molecule has 0 aromatic heterocycles. The van der Waals surface area contributed by atoms with Gasteiger partial charge in [0.05, 0.1) is 19.1 Å². The summed E-state index contributed by atoms with van der Waals surface area (Å²) < 4.78 is 5.33. The molecule has 2 aliphatic heterocycles. The maximum atomic E-state index is 12.1. The highest BCUT2D eigenvalue weighted by Gasteiger charge is 2.33. The predicted molar refractivity (Wildman–Crippen MR) is 70.6 cm³/mol. The largest absolute Gasteiger partial charge is 0.379 e. The van der Waals surface area contributed by atoms with Gasteiger partial charge in [0.1, 0.15) is 0 Å². The minimum absolute atomic E-state index is 0.0102. The molecule has 2 N–H and O–H groups in total. The Morgan fingerprint density at radius 2 is 2.32 bits per heavy atom. The number of nitrogens with zero attached hydrogens (tertiary/aromatic N) is 1. The normalized spacial score (nSPS) is 28.7. The van der Waals surface area contributed by atoms with Crippen molar-refractivity contribution in [3.8, 4) is 0 Å². The maximum absolute atomic E-state index is 12.1. The molecule has 2 heterocycles. The van der Waals surface area contributed by atoms with Gasteiger partial charge in [-0.05, 0) is 20.4 Å². The molecule has 108 valence electrons. The smallest absolute Gasteiger partial charge is 0.227 e. The Kier molecular flexibility index (Phi) is 4.76. The van der Waals surface area contributed by atoms with Crippen LogP contribution in [-0.4, -0.2) is 62.1 Å². The van der Waals surface area contributed by atoms with Crippen molar-refractivity contribution < 1.29 is 14.3 Å². The standard InChI is InChI=1S/C13H23N3O3/c1-9(6-16-5-3-4-12(16)17)15-13(18)10-7-19-8-11(10)14-2/h9-11,14H,3-8H2,1-2H3,(H,15,18). The number of ether oxygens (including phenoxy) is 1. The minimum Gasteiger partial charge on any atom is -0.379 e. The van der Waals surface area contributed by atoms with E-state index in [1.165, 1.54) is 0 Å². The number of nitrogens with one attached hydrogen (secondary N) is 2. The van der Waals surface area contributed by atoms with Gasteiger partial charge < -0.3 is 20.3 Å². The van der Waals surface area contributed by atoms with Crippen molar-refractivity contribution in [1.82, 2.24) is 15.5 Å². The van der Waals surface area contributed by atoms with E-state index in [1.54, 1.807) is 0 Å². The van der Waals surface area contributed by atoms with E-state index in [4.69, 9.17) is 4.74 Å². The summed E-state index contributed by atoms with van der Waals surface area (Å²) >= 11 is 0. The third kappa shape index (κ3) is 3.45. The van der Waals surface area contributed by atoms with E-state index in [1.807, 2.05) is 18.9 Å². The Bertz CT molecular complexity index is 348. The predicted octanol–water partition coefficient (Wildman–Crippen LogP) is -0.652. The van der Waals surface area contributed by atoms with Crippen LogP contribution in [0, 0.1) is 5.92 Å². The summed E-state index contributed by atoms with van der Waals surface area (Å²) in [6.45, 7) is 4.39. The summed E-state index contributed by atoms with van der Waals surface area (Å²) in [6, 6.07) is 0.0632. The molecule has 2 saturated heterocycles. The van der Waals surface area contributed by atoms with Crippen LogP contribution in [0.4, 0.5) is 0 Å². The lowest BCUT2D eigenvalue weighted by Gasteiger charge is -2.24. The van der Waals surface area contributed by atoms with Crippen LogP contribution >= 0.6 is 0 Å². The fourth-order valence-electron chi connectivity index (χ4n) is 2.72. The van der Waals surface area contributed by atoms with E-state index in [0.29, 0.717) is 26.2 Å². The number of amides is 2. The molecule has 0 bridgehead atoms. The van der Waals surface area contributed by atoms with Gasteiger partial charge in [0.15, 0.2) is 0 Å². The van der Waals surface area contributed by atoms with Gasteiger partial charge in [-0.2, -0.15) is 0 Å². The van der Waals surface area contributed by atoms with Gasteiger partial charge in [-0.1, -0.05) is 0 Å². The van der Waals surface area contributed by atoms with Crippen LogP contribution in [0.3, 0.4) is 0 Å². The average Bonchev–Trinajstić information content (AvgIpc) is 2.98. The zero-order valence-corrected chi connectivity index (χ0v) is 11.6. The zero-order valence-electron chi connectivity index (χ0n) is 11.6. The van der Waals surface area contributed by atoms with E-state index in [2.05, 4.69) is 10.6 Å². The average molecular weight is 269 g/mol. The van der Waals surface area contributed by atoms with Crippen molar-refractivity contribution in [2.24, 2.45) is 5.92 Å². The summed E-state index contributed by atoms with van der Waals surface area (Å²) in [6.07, 6.45) is 1.57. The summed E-state index contributed by atoms with van der Waals surface area (Å²) in [7, 11) is 1.84. The second kappa shape index (κ2) is 6.34. The molecule has 0 aliphatic carbocycles. The summed E-state index contributed by atoms with van der Waals surface area (Å²) in [5, 5.41) is 6.08. The minimum atomic E-state index is -0.137. The molecule has 3 atom stereocenters. The van der Waals surface area contributed by atoms with Gasteiger partial charge in [-0.25, -0.2) is 0 Å². The molecular formula is C13H23N3O3. The van der Waals surface area contributed by atoms with Crippen molar-refractivity contribution in [3.63, 3.8) is 0 Å². The lowest BCUT2D eigenvalue weighted by atomic mass is 10.0. The van der Waals surface area contributed by atoms with Crippen LogP contribution in [0.2, 0.25) is 0 Å². The van der Waals surface area contributed by atoms with E-state index in [0.717, 1.165) is 13.0 Å². The number of carbonyl (C=O) groups excluding carboxylic acids is 2. The van der Waals surface area contributed by atoms with Gasteiger partial charge in [-0.15, -0.1) is 0 Å². The second-order valence-corrected chi connectivity index (χ2v) is 5.39. The fourth-order valence-corrected chi connectivity index (χ4v) is 2.72. The lowest BCUT2D eigenvalue weighted by molar-refractivity contribution is -0.130. The number of carbonyl (C=O) groups is 2. The van der Waals surface area contributed by atoms with Gasteiger partial charge in [0, 0.05) is 31.6 Å². The first-order valence-electron chi connectivity index (χ1n) is 6.95. The SMILES string of the molecule is CNC1COCC1C(=O)NC(C)CN1CCCC1=O. The van der Waals surface area contributed by atoms with Crippen LogP contribution in [-0.2, 0) is 14.3 Å². The van der Waals surface area contributed by atoms with E-state index in [9.17, 15) is 9.59 Å². The molecule has 2 amide bonds. The molecule has 2 rings (SSSR count). The maximum Gasteiger partial charge on any atom is 0.227 e. The Morgan fingerprint density at radius 3 is 2.95 bits per heavy atom. The van der Waals surface area contributed by atoms with Gasteiger partial charge in [0.2, 0.25) is 11.8 Å². The highest BCUT2D eigenvalue weighted by molar-refractivity contribution is 5.80. The van der Waals surface area contributed by atoms with Crippen molar-refractivity contribution >= 4 is 11.8 Å². The first kappa shape index (κ1) is 14.3. The van der Waals surface area contributed by atoms with Crippen molar-refractivity contribution in [2.75, 3.05) is 33.4 Å². The third-order valence-corrected chi connectivity index (χ3v) is 3.84. The number of hydrogen-bond acceptors (Lipinski definition) is 4. The summed E-state index contributed by atoms with van der Waals surface area (Å²) in [4.78, 5) is 25.5. The van der Waals surface area contributed by atoms with E-state index < -0.39 is 0 Å². The third-order valence-electron chi connectivity index (χ3n) is 3.84. The first-order chi connectivity index (χ1) is 9.11. The lowest BCUT2D eigenvalue weighted by Crippen LogP contribution is -2.48. The summed E-state index contributed by atoms with van der Waals surface area (Å²) in [5.41, 5.74) is 0. The molecule has 0 spiro atoms. The Morgan fingerprint density at radius 1 is 1.53 bits per heavy atom. The molecule has 0 aromatic rings. The molecule has 3 unspecified atom stereocenters. The molecule has 6 nitrogen and oxygen atoms in total. The molecular weight excluding hydrogens is 246 g/mol. The van der Waals surface area contributed by atoms with Crippen LogP contribution in [0.1, 0.15) is 19.8 Å². The summed E-state index contributed by atoms with van der Waals surface area (Å²) in [5.74, 6) is 0.0659. The number of likely N-dealkylation sites (N-methyl/N-ethyl adjacent to an activating group) is 1. The molecule has 0 radical (unpaired) electrons. The molecule has 6 heteroatoms. The van der Waals surface area contributed by atoms with Gasteiger partial charge in [-0.3, -0.25) is 9.59 Å². The van der Waals surface area contributed by atoms with Crippen LogP contribution < -0.4 is 10.6 Å². The highest BCUT2D eigenvalue weighted by Crippen LogP contribution is 2.14. The van der Waals surface area contributed by atoms with Crippen molar-refractivity contribution in [2.45, 2.75) is 31.8 Å². The zero-order chi connectivity index (χ0) is 13.8. The fraction of sp³-hybridized carbons (Fsp3) is 0.846. The number of hydrogen-bond donors (Lipinski definition) is 2. The quantitative estimate of drug-likeness (QED) is 0.696. The van der Waals surface area contributed by atoms with Gasteiger partial charge >= 0.3 is 0 Å². The van der Waals surface area contributed by atoms with Crippen LogP contribution in [0.15, 0.2) is 0 Å². The molecule has 0 saturated carbocycles. The van der Waals surface area contributed by atoms with Gasteiger partial charge in [0.25, 0.3) is 0 Å². The topological polar surface area (TPSA) is 70.7 Å². The Hall–Kier alpha value is -1.14. The van der Waals surface area contributed by atoms with Crippen molar-refractivity contribution in [1.29, 1.82) is 0 Å². The molecule has 2 fully saturated rings. The van der Waals surface area contributed by atoms with E-state index >= 15 is 0 Å². The second-order valence-electron chi connectivity index (χ2n) is 5.39.